The van der Waals surface area contributed by atoms with Gasteiger partial charge in [-0.15, -0.1) is 5.10 Å². The lowest BCUT2D eigenvalue weighted by molar-refractivity contribution is 0.0714. The molecule has 0 saturated carbocycles. The highest BCUT2D eigenvalue weighted by molar-refractivity contribution is 5.96. The van der Waals surface area contributed by atoms with Gasteiger partial charge in [-0.1, -0.05) is 47.2 Å². The van der Waals surface area contributed by atoms with E-state index in [-0.39, 0.29) is 17.9 Å². The van der Waals surface area contributed by atoms with E-state index in [1.807, 2.05) is 54.0 Å². The molecule has 170 valence electrons. The lowest BCUT2D eigenvalue weighted by Crippen LogP contribution is -2.38. The minimum absolute atomic E-state index is 0.0460. The minimum Gasteiger partial charge on any atom is -0.334 e. The predicted octanol–water partition coefficient (Wildman–Crippen LogP) is 3.40. The standard InChI is InChI=1S/C26H29N5O2/c1-18-9-10-23(19(2)14-18)25(32)31-12-5-8-22(31)16-30-17-24(27-28-30)26(33)29-13-11-20-6-3-4-7-21(20)15-29/h3-4,6-7,9-10,14,17,22H,5,8,11-13,15-16H2,1-2H3/t22-/m0/s1. The Morgan fingerprint density at radius 3 is 2.67 bits per heavy atom. The van der Waals surface area contributed by atoms with Crippen LogP contribution in [0.5, 0.6) is 0 Å². The van der Waals surface area contributed by atoms with Crippen LogP contribution in [0.25, 0.3) is 0 Å². The van der Waals surface area contributed by atoms with E-state index < -0.39 is 0 Å². The van der Waals surface area contributed by atoms with Gasteiger partial charge in [-0.25, -0.2) is 4.68 Å². The second-order valence-electron chi connectivity index (χ2n) is 9.18. The Balaban J connectivity index is 1.26. The molecule has 0 spiro atoms. The molecular formula is C26H29N5O2. The molecule has 5 rings (SSSR count). The molecule has 3 aromatic rings. The number of amides is 2. The predicted molar refractivity (Wildman–Crippen MR) is 125 cm³/mol. The largest absolute Gasteiger partial charge is 0.334 e. The van der Waals surface area contributed by atoms with E-state index in [0.717, 1.165) is 42.5 Å². The van der Waals surface area contributed by atoms with E-state index >= 15 is 0 Å². The first kappa shape index (κ1) is 21.4. The lowest BCUT2D eigenvalue weighted by Gasteiger charge is -2.28. The molecule has 1 saturated heterocycles. The molecule has 7 nitrogen and oxygen atoms in total. The molecule has 0 aliphatic carbocycles. The van der Waals surface area contributed by atoms with Gasteiger partial charge in [0, 0.05) is 25.2 Å². The number of rotatable bonds is 4. The van der Waals surface area contributed by atoms with Crippen molar-refractivity contribution in [3.05, 3.63) is 82.2 Å². The number of fused-ring (bicyclic) bond motifs is 1. The van der Waals surface area contributed by atoms with Crippen LogP contribution >= 0.6 is 0 Å². The van der Waals surface area contributed by atoms with Gasteiger partial charge < -0.3 is 9.80 Å². The van der Waals surface area contributed by atoms with Gasteiger partial charge in [-0.05, 0) is 55.9 Å². The summed E-state index contributed by atoms with van der Waals surface area (Å²) in [5.74, 6) is -0.0243. The van der Waals surface area contributed by atoms with Gasteiger partial charge in [0.15, 0.2) is 5.69 Å². The van der Waals surface area contributed by atoms with Crippen molar-refractivity contribution in [1.82, 2.24) is 24.8 Å². The molecule has 0 bridgehead atoms. The number of benzene rings is 2. The van der Waals surface area contributed by atoms with E-state index in [0.29, 0.717) is 25.3 Å². The smallest absolute Gasteiger partial charge is 0.276 e. The molecule has 2 aliphatic rings. The molecule has 7 heteroatoms. The molecule has 0 radical (unpaired) electrons. The molecule has 1 atom stereocenters. The second kappa shape index (κ2) is 8.81. The average Bonchev–Trinajstić information content (AvgIpc) is 3.48. The third-order valence-electron chi connectivity index (χ3n) is 6.82. The summed E-state index contributed by atoms with van der Waals surface area (Å²) in [5.41, 5.74) is 5.77. The van der Waals surface area contributed by atoms with Crippen LogP contribution in [-0.4, -0.2) is 55.7 Å². The van der Waals surface area contributed by atoms with E-state index in [1.54, 1.807) is 10.9 Å². The molecule has 0 unspecified atom stereocenters. The summed E-state index contributed by atoms with van der Waals surface area (Å²) in [6.45, 7) is 6.59. The van der Waals surface area contributed by atoms with Crippen LogP contribution < -0.4 is 0 Å². The number of hydrogen-bond acceptors (Lipinski definition) is 4. The van der Waals surface area contributed by atoms with Crippen molar-refractivity contribution in [3.63, 3.8) is 0 Å². The van der Waals surface area contributed by atoms with Crippen LogP contribution in [0.15, 0.2) is 48.7 Å². The Labute approximate surface area is 194 Å². The van der Waals surface area contributed by atoms with Crippen molar-refractivity contribution in [2.24, 2.45) is 0 Å². The van der Waals surface area contributed by atoms with Crippen molar-refractivity contribution in [3.8, 4) is 0 Å². The van der Waals surface area contributed by atoms with Crippen molar-refractivity contribution in [1.29, 1.82) is 0 Å². The van der Waals surface area contributed by atoms with Gasteiger partial charge in [0.2, 0.25) is 0 Å². The number of likely N-dealkylation sites (tertiary alicyclic amines) is 1. The normalized spacial score (nSPS) is 17.8. The Morgan fingerprint density at radius 1 is 1.03 bits per heavy atom. The van der Waals surface area contributed by atoms with E-state index in [1.165, 1.54) is 11.1 Å². The first-order valence-corrected chi connectivity index (χ1v) is 11.6. The Hall–Kier alpha value is -3.48. The van der Waals surface area contributed by atoms with Gasteiger partial charge in [-0.3, -0.25) is 9.59 Å². The van der Waals surface area contributed by atoms with Gasteiger partial charge in [0.1, 0.15) is 0 Å². The van der Waals surface area contributed by atoms with Gasteiger partial charge >= 0.3 is 0 Å². The fourth-order valence-electron chi connectivity index (χ4n) is 5.03. The lowest BCUT2D eigenvalue weighted by atomic mass is 10.00. The molecule has 3 heterocycles. The molecular weight excluding hydrogens is 414 g/mol. The quantitative estimate of drug-likeness (QED) is 0.620. The maximum atomic E-state index is 13.2. The number of hydrogen-bond donors (Lipinski definition) is 0. The van der Waals surface area contributed by atoms with Crippen LogP contribution in [0, 0.1) is 13.8 Å². The monoisotopic (exact) mass is 443 g/mol. The van der Waals surface area contributed by atoms with Crippen molar-refractivity contribution < 1.29 is 9.59 Å². The second-order valence-corrected chi connectivity index (χ2v) is 9.18. The van der Waals surface area contributed by atoms with Crippen molar-refractivity contribution >= 4 is 11.8 Å². The van der Waals surface area contributed by atoms with Crippen LogP contribution in [0.3, 0.4) is 0 Å². The SMILES string of the molecule is Cc1ccc(C(=O)N2CCC[C@H]2Cn2cc(C(=O)N3CCc4ccccc4C3)nn2)c(C)c1. The van der Waals surface area contributed by atoms with Crippen LogP contribution in [-0.2, 0) is 19.5 Å². The zero-order chi connectivity index (χ0) is 22.9. The molecule has 2 amide bonds. The average molecular weight is 444 g/mol. The van der Waals surface area contributed by atoms with Gasteiger partial charge in [0.05, 0.1) is 18.8 Å². The summed E-state index contributed by atoms with van der Waals surface area (Å²) >= 11 is 0. The summed E-state index contributed by atoms with van der Waals surface area (Å²) in [6.07, 6.45) is 4.46. The number of nitrogens with zero attached hydrogens (tertiary/aromatic N) is 5. The van der Waals surface area contributed by atoms with Crippen molar-refractivity contribution in [2.45, 2.75) is 52.2 Å². The molecule has 2 aromatic carbocycles. The summed E-state index contributed by atoms with van der Waals surface area (Å²) < 4.78 is 1.71. The van der Waals surface area contributed by atoms with Crippen LogP contribution in [0.1, 0.15) is 55.9 Å². The van der Waals surface area contributed by atoms with Crippen molar-refractivity contribution in [2.75, 3.05) is 13.1 Å². The molecule has 33 heavy (non-hydrogen) atoms. The summed E-state index contributed by atoms with van der Waals surface area (Å²) in [4.78, 5) is 30.0. The summed E-state index contributed by atoms with van der Waals surface area (Å²) in [7, 11) is 0. The highest BCUT2D eigenvalue weighted by Crippen LogP contribution is 2.24. The minimum atomic E-state index is -0.0922. The van der Waals surface area contributed by atoms with E-state index in [4.69, 9.17) is 0 Å². The van der Waals surface area contributed by atoms with Gasteiger partial charge in [0.25, 0.3) is 11.8 Å². The Bertz CT molecular complexity index is 1200. The molecule has 2 aliphatic heterocycles. The molecule has 1 fully saturated rings. The number of aromatic nitrogens is 3. The first-order valence-electron chi connectivity index (χ1n) is 11.6. The Morgan fingerprint density at radius 2 is 1.85 bits per heavy atom. The van der Waals surface area contributed by atoms with Crippen LogP contribution in [0.4, 0.5) is 0 Å². The van der Waals surface area contributed by atoms with Gasteiger partial charge in [-0.2, -0.15) is 0 Å². The molecule has 1 aromatic heterocycles. The summed E-state index contributed by atoms with van der Waals surface area (Å²) in [6, 6.07) is 14.3. The first-order chi connectivity index (χ1) is 16.0. The highest BCUT2D eigenvalue weighted by Gasteiger charge is 2.31. The fraction of sp³-hybridized carbons (Fsp3) is 0.385. The number of carbonyl (C=O) groups is 2. The maximum Gasteiger partial charge on any atom is 0.276 e. The zero-order valence-corrected chi connectivity index (χ0v) is 19.2. The summed E-state index contributed by atoms with van der Waals surface area (Å²) in [5, 5.41) is 8.38. The third-order valence-corrected chi connectivity index (χ3v) is 6.82. The van der Waals surface area contributed by atoms with E-state index in [9.17, 15) is 9.59 Å². The zero-order valence-electron chi connectivity index (χ0n) is 19.2. The number of aryl methyl sites for hydroxylation is 2. The van der Waals surface area contributed by atoms with Crippen LogP contribution in [0.2, 0.25) is 0 Å². The number of carbonyl (C=O) groups excluding carboxylic acids is 2. The highest BCUT2D eigenvalue weighted by atomic mass is 16.2. The Kier molecular flexibility index (Phi) is 5.70. The van der Waals surface area contributed by atoms with E-state index in [2.05, 4.69) is 22.4 Å². The maximum absolute atomic E-state index is 13.2. The fourth-order valence-corrected chi connectivity index (χ4v) is 5.03. The molecule has 0 N–H and O–H groups in total. The third kappa shape index (κ3) is 4.27. The topological polar surface area (TPSA) is 71.3 Å².